The van der Waals surface area contributed by atoms with Crippen LogP contribution >= 0.6 is 0 Å². The summed E-state index contributed by atoms with van der Waals surface area (Å²) in [5, 5.41) is 2.62. The van der Waals surface area contributed by atoms with Crippen LogP contribution in [0.15, 0.2) is 109 Å². The summed E-state index contributed by atoms with van der Waals surface area (Å²) in [6.45, 7) is 4.32. The molecule has 0 N–H and O–H groups in total. The van der Waals surface area contributed by atoms with Crippen molar-refractivity contribution in [3.8, 4) is 11.1 Å². The van der Waals surface area contributed by atoms with E-state index in [1.54, 1.807) is 0 Å². The first-order valence-corrected chi connectivity index (χ1v) is 11.0. The molecule has 0 nitrogen and oxygen atoms in total. The van der Waals surface area contributed by atoms with Crippen molar-refractivity contribution in [1.29, 1.82) is 0 Å². The monoisotopic (exact) mass is 396 g/mol. The Hall–Kier alpha value is -3.64. The molecule has 31 heavy (non-hydrogen) atoms. The Kier molecular flexibility index (Phi) is 3.91. The molecule has 0 unspecified atom stereocenters. The van der Waals surface area contributed by atoms with Crippen molar-refractivity contribution in [2.45, 2.75) is 19.3 Å². The third-order valence-electron chi connectivity index (χ3n) is 6.89. The number of benzene rings is 5. The molecule has 0 saturated carbocycles. The predicted octanol–water partition coefficient (Wildman–Crippen LogP) is 7.82. The normalized spacial score (nSPS) is 13.7. The lowest BCUT2D eigenvalue weighted by Crippen LogP contribution is -2.28. The summed E-state index contributed by atoms with van der Waals surface area (Å²) in [5.74, 6) is 0. The molecule has 0 aliphatic heterocycles. The SMILES string of the molecule is Cc1ccc(C2(c3ccc(C)cc3)c3ccccc3-c3ccc4ccccc4c32)cc1. The molecule has 5 aromatic rings. The standard InChI is InChI=1S/C31H24/c1-21-11-16-24(17-12-21)31(25-18-13-22(2)14-19-25)29-10-6-5-9-27(29)28-20-15-23-7-3-4-8-26(23)30(28)31/h3-20H,1-2H3. The molecule has 0 fully saturated rings. The van der Waals surface area contributed by atoms with E-state index in [2.05, 4.69) is 123 Å². The minimum Gasteiger partial charge on any atom is -0.0619 e. The van der Waals surface area contributed by atoms with E-state index in [1.165, 1.54) is 55.3 Å². The molecule has 0 spiro atoms. The van der Waals surface area contributed by atoms with Crippen molar-refractivity contribution in [2.24, 2.45) is 0 Å². The summed E-state index contributed by atoms with van der Waals surface area (Å²) in [4.78, 5) is 0. The zero-order valence-electron chi connectivity index (χ0n) is 17.9. The highest BCUT2D eigenvalue weighted by Gasteiger charge is 2.46. The first-order chi connectivity index (χ1) is 15.2. The Morgan fingerprint density at radius 3 is 1.74 bits per heavy atom. The van der Waals surface area contributed by atoms with E-state index in [0.29, 0.717) is 0 Å². The highest BCUT2D eigenvalue weighted by Crippen LogP contribution is 2.57. The van der Waals surface area contributed by atoms with Crippen LogP contribution in [0.4, 0.5) is 0 Å². The fourth-order valence-electron chi connectivity index (χ4n) is 5.45. The van der Waals surface area contributed by atoms with Crippen LogP contribution in [-0.2, 0) is 5.41 Å². The molecule has 0 radical (unpaired) electrons. The van der Waals surface area contributed by atoms with Gasteiger partial charge in [0.1, 0.15) is 0 Å². The van der Waals surface area contributed by atoms with Crippen LogP contribution in [0.3, 0.4) is 0 Å². The Labute approximate surface area is 183 Å². The van der Waals surface area contributed by atoms with Crippen molar-refractivity contribution in [3.63, 3.8) is 0 Å². The summed E-state index contributed by atoms with van der Waals surface area (Å²) in [6, 6.07) is 40.6. The molecular weight excluding hydrogens is 372 g/mol. The van der Waals surface area contributed by atoms with E-state index in [4.69, 9.17) is 0 Å². The minimum atomic E-state index is -0.339. The van der Waals surface area contributed by atoms with Gasteiger partial charge >= 0.3 is 0 Å². The van der Waals surface area contributed by atoms with Crippen LogP contribution in [0.2, 0.25) is 0 Å². The van der Waals surface area contributed by atoms with Crippen molar-refractivity contribution in [3.05, 3.63) is 143 Å². The highest BCUT2D eigenvalue weighted by molar-refractivity contribution is 6.00. The maximum Gasteiger partial charge on any atom is 0.0719 e. The van der Waals surface area contributed by atoms with Gasteiger partial charge in [-0.2, -0.15) is 0 Å². The predicted molar refractivity (Wildman–Crippen MR) is 131 cm³/mol. The lowest BCUT2D eigenvalue weighted by Gasteiger charge is -2.35. The van der Waals surface area contributed by atoms with E-state index in [-0.39, 0.29) is 5.41 Å². The van der Waals surface area contributed by atoms with Gasteiger partial charge in [-0.3, -0.25) is 0 Å². The number of hydrogen-bond acceptors (Lipinski definition) is 0. The van der Waals surface area contributed by atoms with Gasteiger partial charge in [-0.05, 0) is 58.0 Å². The molecular formula is C31H24. The molecule has 148 valence electrons. The second-order valence-electron chi connectivity index (χ2n) is 8.74. The van der Waals surface area contributed by atoms with Gasteiger partial charge in [-0.1, -0.05) is 120 Å². The fourth-order valence-corrected chi connectivity index (χ4v) is 5.45. The zero-order valence-corrected chi connectivity index (χ0v) is 17.9. The smallest absolute Gasteiger partial charge is 0.0619 e. The lowest BCUT2D eigenvalue weighted by molar-refractivity contribution is 0.774. The quantitative estimate of drug-likeness (QED) is 0.280. The average Bonchev–Trinajstić information content (AvgIpc) is 3.12. The number of fused-ring (bicyclic) bond motifs is 5. The summed E-state index contributed by atoms with van der Waals surface area (Å²) in [6.07, 6.45) is 0. The summed E-state index contributed by atoms with van der Waals surface area (Å²) >= 11 is 0. The van der Waals surface area contributed by atoms with Crippen molar-refractivity contribution < 1.29 is 0 Å². The molecule has 0 bridgehead atoms. The Morgan fingerprint density at radius 2 is 1.06 bits per heavy atom. The van der Waals surface area contributed by atoms with Gasteiger partial charge in [0.2, 0.25) is 0 Å². The number of hydrogen-bond donors (Lipinski definition) is 0. The molecule has 5 aromatic carbocycles. The molecule has 0 aromatic heterocycles. The number of aryl methyl sites for hydroxylation is 2. The van der Waals surface area contributed by atoms with Crippen LogP contribution in [0.1, 0.15) is 33.4 Å². The fraction of sp³-hybridized carbons (Fsp3) is 0.0968. The molecule has 1 aliphatic rings. The molecule has 0 heterocycles. The molecule has 6 rings (SSSR count). The Morgan fingerprint density at radius 1 is 0.484 bits per heavy atom. The largest absolute Gasteiger partial charge is 0.0719 e. The van der Waals surface area contributed by atoms with Crippen molar-refractivity contribution in [2.75, 3.05) is 0 Å². The molecule has 0 atom stereocenters. The molecule has 0 heteroatoms. The van der Waals surface area contributed by atoms with Crippen molar-refractivity contribution >= 4 is 10.8 Å². The van der Waals surface area contributed by atoms with Gasteiger partial charge in [0.25, 0.3) is 0 Å². The zero-order chi connectivity index (χ0) is 21.0. The first kappa shape index (κ1) is 18.2. The van der Waals surface area contributed by atoms with Crippen molar-refractivity contribution in [1.82, 2.24) is 0 Å². The van der Waals surface area contributed by atoms with Gasteiger partial charge in [-0.15, -0.1) is 0 Å². The van der Waals surface area contributed by atoms with E-state index in [9.17, 15) is 0 Å². The highest BCUT2D eigenvalue weighted by atomic mass is 14.5. The van der Waals surface area contributed by atoms with Crippen LogP contribution in [0.5, 0.6) is 0 Å². The molecule has 1 aliphatic carbocycles. The third-order valence-corrected chi connectivity index (χ3v) is 6.89. The van der Waals surface area contributed by atoms with E-state index >= 15 is 0 Å². The maximum atomic E-state index is 2.32. The van der Waals surface area contributed by atoms with Gasteiger partial charge in [0.15, 0.2) is 0 Å². The Balaban J connectivity index is 1.85. The van der Waals surface area contributed by atoms with E-state index < -0.39 is 0 Å². The van der Waals surface area contributed by atoms with Crippen LogP contribution < -0.4 is 0 Å². The molecule has 0 amide bonds. The molecule has 0 saturated heterocycles. The van der Waals surface area contributed by atoms with Crippen LogP contribution in [-0.4, -0.2) is 0 Å². The lowest BCUT2D eigenvalue weighted by atomic mass is 9.66. The summed E-state index contributed by atoms with van der Waals surface area (Å²) in [7, 11) is 0. The second kappa shape index (κ2) is 6.68. The topological polar surface area (TPSA) is 0 Å². The third kappa shape index (κ3) is 2.48. The van der Waals surface area contributed by atoms with Gasteiger partial charge < -0.3 is 0 Å². The van der Waals surface area contributed by atoms with Crippen LogP contribution in [0.25, 0.3) is 21.9 Å². The van der Waals surface area contributed by atoms with E-state index in [1.807, 2.05) is 0 Å². The Bertz CT molecular complexity index is 1370. The number of rotatable bonds is 2. The van der Waals surface area contributed by atoms with Gasteiger partial charge in [0.05, 0.1) is 5.41 Å². The van der Waals surface area contributed by atoms with Gasteiger partial charge in [-0.25, -0.2) is 0 Å². The van der Waals surface area contributed by atoms with Gasteiger partial charge in [0, 0.05) is 0 Å². The van der Waals surface area contributed by atoms with E-state index in [0.717, 1.165) is 0 Å². The minimum absolute atomic E-state index is 0.339. The summed E-state index contributed by atoms with van der Waals surface area (Å²) < 4.78 is 0. The maximum absolute atomic E-state index is 2.32. The summed E-state index contributed by atoms with van der Waals surface area (Å²) in [5.41, 5.74) is 10.3. The van der Waals surface area contributed by atoms with Crippen LogP contribution in [0, 0.1) is 13.8 Å². The average molecular weight is 397 g/mol. The second-order valence-corrected chi connectivity index (χ2v) is 8.74. The first-order valence-electron chi connectivity index (χ1n) is 11.0.